The predicted octanol–water partition coefficient (Wildman–Crippen LogP) is 3.32. The van der Waals surface area contributed by atoms with E-state index in [1.165, 1.54) is 22.3 Å². The molecule has 140 valence electrons. The zero-order valence-electron chi connectivity index (χ0n) is 15.6. The smallest absolute Gasteiger partial charge is 0.269 e. The standard InChI is InChI=1S/C23H17N5O/c29-23-20-13-19(27-28(20)11-10-25-23)18-8-9-24-22(26-18)17-7-3-5-15-12-14-4-1-2-6-16(14)21(15)17/h1-9,13H,10-12H2,(H,25,29). The highest BCUT2D eigenvalue weighted by molar-refractivity contribution is 5.94. The van der Waals surface area contributed by atoms with Crippen molar-refractivity contribution in [2.45, 2.75) is 13.0 Å². The van der Waals surface area contributed by atoms with Crippen molar-refractivity contribution in [2.75, 3.05) is 6.54 Å². The van der Waals surface area contributed by atoms with Gasteiger partial charge in [0.25, 0.3) is 5.91 Å². The molecular weight excluding hydrogens is 362 g/mol. The van der Waals surface area contributed by atoms with Crippen molar-refractivity contribution < 1.29 is 4.79 Å². The van der Waals surface area contributed by atoms with Crippen LogP contribution in [0, 0.1) is 0 Å². The van der Waals surface area contributed by atoms with Crippen molar-refractivity contribution in [1.29, 1.82) is 0 Å². The van der Waals surface area contributed by atoms with Crippen LogP contribution in [0.5, 0.6) is 0 Å². The Morgan fingerprint density at radius 3 is 2.72 bits per heavy atom. The molecule has 6 nitrogen and oxygen atoms in total. The highest BCUT2D eigenvalue weighted by Crippen LogP contribution is 2.42. The van der Waals surface area contributed by atoms with Crippen LogP contribution in [-0.4, -0.2) is 32.2 Å². The first-order valence-electron chi connectivity index (χ1n) is 9.68. The summed E-state index contributed by atoms with van der Waals surface area (Å²) >= 11 is 0. The number of rotatable bonds is 2. The summed E-state index contributed by atoms with van der Waals surface area (Å²) in [5.41, 5.74) is 8.09. The Hall–Kier alpha value is -3.80. The molecule has 0 saturated heterocycles. The van der Waals surface area contributed by atoms with E-state index in [4.69, 9.17) is 4.98 Å². The van der Waals surface area contributed by atoms with Gasteiger partial charge in [0.2, 0.25) is 0 Å². The van der Waals surface area contributed by atoms with Crippen molar-refractivity contribution >= 4 is 5.91 Å². The number of carbonyl (C=O) groups is 1. The van der Waals surface area contributed by atoms with Crippen LogP contribution in [0.1, 0.15) is 21.6 Å². The third kappa shape index (κ3) is 2.49. The number of nitrogens with zero attached hydrogens (tertiary/aromatic N) is 4. The average molecular weight is 379 g/mol. The monoisotopic (exact) mass is 379 g/mol. The fourth-order valence-corrected chi connectivity index (χ4v) is 4.27. The number of fused-ring (bicyclic) bond motifs is 4. The second-order valence-electron chi connectivity index (χ2n) is 7.33. The first kappa shape index (κ1) is 16.2. The van der Waals surface area contributed by atoms with Gasteiger partial charge in [0, 0.05) is 18.3 Å². The molecule has 1 N–H and O–H groups in total. The minimum atomic E-state index is -0.0956. The molecule has 4 aromatic rings. The van der Waals surface area contributed by atoms with Crippen LogP contribution in [0.4, 0.5) is 0 Å². The van der Waals surface area contributed by atoms with E-state index >= 15 is 0 Å². The zero-order chi connectivity index (χ0) is 19.4. The van der Waals surface area contributed by atoms with E-state index in [0.29, 0.717) is 36.0 Å². The maximum absolute atomic E-state index is 12.1. The summed E-state index contributed by atoms with van der Waals surface area (Å²) in [5.74, 6) is 0.577. The molecule has 0 spiro atoms. The predicted molar refractivity (Wildman–Crippen MR) is 109 cm³/mol. The van der Waals surface area contributed by atoms with Crippen LogP contribution in [0.25, 0.3) is 33.9 Å². The molecule has 0 saturated carbocycles. The highest BCUT2D eigenvalue weighted by Gasteiger charge is 2.24. The van der Waals surface area contributed by atoms with E-state index in [0.717, 1.165) is 12.0 Å². The molecule has 2 aromatic carbocycles. The molecule has 2 aliphatic rings. The van der Waals surface area contributed by atoms with E-state index < -0.39 is 0 Å². The van der Waals surface area contributed by atoms with Crippen LogP contribution >= 0.6 is 0 Å². The summed E-state index contributed by atoms with van der Waals surface area (Å²) in [5, 5.41) is 7.43. The van der Waals surface area contributed by atoms with Crippen LogP contribution in [0.2, 0.25) is 0 Å². The molecule has 3 heterocycles. The molecule has 2 aromatic heterocycles. The molecule has 0 bridgehead atoms. The molecule has 0 radical (unpaired) electrons. The van der Waals surface area contributed by atoms with Gasteiger partial charge in [-0.1, -0.05) is 42.5 Å². The summed E-state index contributed by atoms with van der Waals surface area (Å²) < 4.78 is 1.74. The fourth-order valence-electron chi connectivity index (χ4n) is 4.27. The van der Waals surface area contributed by atoms with Gasteiger partial charge in [0.05, 0.1) is 12.2 Å². The first-order valence-corrected chi connectivity index (χ1v) is 9.68. The lowest BCUT2D eigenvalue weighted by molar-refractivity contribution is 0.0924. The Kier molecular flexibility index (Phi) is 3.41. The van der Waals surface area contributed by atoms with E-state index in [2.05, 4.69) is 57.9 Å². The van der Waals surface area contributed by atoms with Crippen LogP contribution in [-0.2, 0) is 13.0 Å². The highest BCUT2D eigenvalue weighted by atomic mass is 16.2. The van der Waals surface area contributed by atoms with Gasteiger partial charge in [-0.05, 0) is 40.8 Å². The Balaban J connectivity index is 1.48. The summed E-state index contributed by atoms with van der Waals surface area (Å²) in [6.07, 6.45) is 2.69. The number of amides is 1. The quantitative estimate of drug-likeness (QED) is 0.511. The summed E-state index contributed by atoms with van der Waals surface area (Å²) in [7, 11) is 0. The van der Waals surface area contributed by atoms with Gasteiger partial charge in [-0.3, -0.25) is 9.48 Å². The maximum Gasteiger partial charge on any atom is 0.269 e. The molecular formula is C23H17N5O. The second-order valence-corrected chi connectivity index (χ2v) is 7.33. The van der Waals surface area contributed by atoms with Crippen LogP contribution in [0.3, 0.4) is 0 Å². The Bertz CT molecular complexity index is 1290. The topological polar surface area (TPSA) is 72.7 Å². The number of hydrogen-bond acceptors (Lipinski definition) is 4. The zero-order valence-corrected chi connectivity index (χ0v) is 15.6. The van der Waals surface area contributed by atoms with E-state index in [1.807, 2.05) is 6.07 Å². The van der Waals surface area contributed by atoms with Crippen molar-refractivity contribution in [3.63, 3.8) is 0 Å². The fraction of sp³-hybridized carbons (Fsp3) is 0.130. The summed E-state index contributed by atoms with van der Waals surface area (Å²) in [4.78, 5) is 21.4. The van der Waals surface area contributed by atoms with Crippen LogP contribution in [0.15, 0.2) is 60.8 Å². The van der Waals surface area contributed by atoms with Crippen molar-refractivity contribution in [2.24, 2.45) is 0 Å². The molecule has 6 heteroatoms. The van der Waals surface area contributed by atoms with Gasteiger partial charge in [0.15, 0.2) is 5.82 Å². The van der Waals surface area contributed by atoms with Gasteiger partial charge in [-0.15, -0.1) is 0 Å². The summed E-state index contributed by atoms with van der Waals surface area (Å²) in [6, 6.07) is 18.4. The first-order chi connectivity index (χ1) is 14.3. The van der Waals surface area contributed by atoms with Gasteiger partial charge in [0.1, 0.15) is 11.4 Å². The number of hydrogen-bond donors (Lipinski definition) is 1. The lowest BCUT2D eigenvalue weighted by Crippen LogP contribution is -2.35. The minimum Gasteiger partial charge on any atom is -0.349 e. The van der Waals surface area contributed by atoms with E-state index in [9.17, 15) is 4.79 Å². The van der Waals surface area contributed by atoms with Crippen molar-refractivity contribution in [1.82, 2.24) is 25.1 Å². The largest absolute Gasteiger partial charge is 0.349 e. The molecule has 0 fully saturated rings. The normalized spacial score (nSPS) is 14.1. The number of carbonyl (C=O) groups excluding carboxylic acids is 1. The number of aromatic nitrogens is 4. The van der Waals surface area contributed by atoms with Crippen molar-refractivity contribution in [3.05, 3.63) is 77.6 Å². The third-order valence-electron chi connectivity index (χ3n) is 5.60. The van der Waals surface area contributed by atoms with Crippen molar-refractivity contribution in [3.8, 4) is 33.9 Å². The molecule has 1 aliphatic carbocycles. The van der Waals surface area contributed by atoms with E-state index in [1.54, 1.807) is 16.9 Å². The Morgan fingerprint density at radius 2 is 1.79 bits per heavy atom. The Labute approximate surface area is 167 Å². The summed E-state index contributed by atoms with van der Waals surface area (Å²) in [6.45, 7) is 1.26. The van der Waals surface area contributed by atoms with Crippen LogP contribution < -0.4 is 5.32 Å². The molecule has 1 amide bonds. The van der Waals surface area contributed by atoms with E-state index in [-0.39, 0.29) is 5.91 Å². The molecule has 29 heavy (non-hydrogen) atoms. The number of nitrogens with one attached hydrogen (secondary N) is 1. The molecule has 6 rings (SSSR count). The molecule has 1 aliphatic heterocycles. The maximum atomic E-state index is 12.1. The average Bonchev–Trinajstić information content (AvgIpc) is 3.36. The molecule has 0 unspecified atom stereocenters. The van der Waals surface area contributed by atoms with Gasteiger partial charge in [-0.2, -0.15) is 5.10 Å². The second kappa shape index (κ2) is 6.10. The molecule has 0 atom stereocenters. The van der Waals surface area contributed by atoms with Gasteiger partial charge < -0.3 is 5.32 Å². The van der Waals surface area contributed by atoms with Gasteiger partial charge >= 0.3 is 0 Å². The number of benzene rings is 2. The Morgan fingerprint density at radius 1 is 0.931 bits per heavy atom. The SMILES string of the molecule is O=C1NCCn2nc(-c3ccnc(-c4cccc5c4-c4ccccc4C5)n3)cc21. The minimum absolute atomic E-state index is 0.0956. The lowest BCUT2D eigenvalue weighted by Gasteiger charge is -2.13. The third-order valence-corrected chi connectivity index (χ3v) is 5.60. The van der Waals surface area contributed by atoms with Gasteiger partial charge in [-0.25, -0.2) is 9.97 Å². The lowest BCUT2D eigenvalue weighted by atomic mass is 9.99.